The molecule has 0 amide bonds. The minimum atomic E-state index is -1.61. The van der Waals surface area contributed by atoms with Gasteiger partial charge in [0.15, 0.2) is 8.32 Å². The van der Waals surface area contributed by atoms with Gasteiger partial charge in [0.1, 0.15) is 0 Å². The molecule has 0 saturated carbocycles. The van der Waals surface area contributed by atoms with E-state index in [2.05, 4.69) is 69.9 Å². The van der Waals surface area contributed by atoms with Crippen molar-refractivity contribution in [3.63, 3.8) is 0 Å². The van der Waals surface area contributed by atoms with Gasteiger partial charge in [-0.2, -0.15) is 0 Å². The molecule has 0 radical (unpaired) electrons. The maximum absolute atomic E-state index is 6.80. The Morgan fingerprint density at radius 2 is 1.62 bits per heavy atom. The minimum Gasteiger partial charge on any atom is -0.410 e. The Balaban J connectivity index is 3.03. The lowest BCUT2D eigenvalue weighted by atomic mass is 9.95. The topological polar surface area (TPSA) is 9.23 Å². The molecular formula is C19H30OSi. The lowest BCUT2D eigenvalue weighted by Gasteiger charge is -2.36. The van der Waals surface area contributed by atoms with Crippen LogP contribution in [0.2, 0.25) is 18.1 Å². The quantitative estimate of drug-likeness (QED) is 0.435. The van der Waals surface area contributed by atoms with Crippen LogP contribution in [0.5, 0.6) is 0 Å². The summed E-state index contributed by atoms with van der Waals surface area (Å²) < 4.78 is 6.80. The average molecular weight is 303 g/mol. The van der Waals surface area contributed by atoms with E-state index in [9.17, 15) is 0 Å². The minimum absolute atomic E-state index is 0.179. The lowest BCUT2D eigenvalue weighted by Crippen LogP contribution is -2.38. The zero-order valence-electron chi connectivity index (χ0n) is 14.3. The van der Waals surface area contributed by atoms with Crippen molar-refractivity contribution in [3.05, 3.63) is 35.9 Å². The summed E-state index contributed by atoms with van der Waals surface area (Å²) in [5.74, 6) is 6.67. The van der Waals surface area contributed by atoms with Gasteiger partial charge in [-0.1, -0.05) is 58.0 Å². The van der Waals surface area contributed by atoms with Crippen molar-refractivity contribution in [2.75, 3.05) is 0 Å². The molecule has 0 bridgehead atoms. The van der Waals surface area contributed by atoms with E-state index < -0.39 is 8.32 Å². The zero-order valence-corrected chi connectivity index (χ0v) is 15.3. The van der Waals surface area contributed by atoms with Crippen LogP contribution in [0.3, 0.4) is 0 Å². The summed E-state index contributed by atoms with van der Waals surface area (Å²) in [4.78, 5) is 0. The van der Waals surface area contributed by atoms with Crippen LogP contribution in [0.25, 0.3) is 0 Å². The summed E-state index contributed by atoms with van der Waals surface area (Å²) in [5, 5.41) is 0. The summed E-state index contributed by atoms with van der Waals surface area (Å²) >= 11 is 0. The fourth-order valence-electron chi connectivity index (χ4n) is 2.79. The molecule has 1 nitrogen and oxygen atoms in total. The Morgan fingerprint density at radius 3 is 2.10 bits per heavy atom. The maximum atomic E-state index is 6.80. The van der Waals surface area contributed by atoms with Gasteiger partial charge >= 0.3 is 0 Å². The van der Waals surface area contributed by atoms with Crippen molar-refractivity contribution < 1.29 is 4.43 Å². The highest BCUT2D eigenvalue weighted by Crippen LogP contribution is 2.35. The summed E-state index contributed by atoms with van der Waals surface area (Å²) in [5.41, 5.74) is 1.30. The van der Waals surface area contributed by atoms with E-state index in [4.69, 9.17) is 4.43 Å². The van der Waals surface area contributed by atoms with Gasteiger partial charge in [-0.15, -0.1) is 11.8 Å². The Kier molecular flexibility index (Phi) is 7.78. The number of hydrogen-bond acceptors (Lipinski definition) is 1. The van der Waals surface area contributed by atoms with E-state index in [-0.39, 0.29) is 6.10 Å². The molecule has 1 aromatic rings. The molecule has 0 fully saturated rings. The average Bonchev–Trinajstić information content (AvgIpc) is 2.55. The Hall–Kier alpha value is -1.04. The number of hydrogen-bond donors (Lipinski definition) is 0. The molecule has 0 unspecified atom stereocenters. The van der Waals surface area contributed by atoms with Crippen molar-refractivity contribution in [1.82, 2.24) is 0 Å². The lowest BCUT2D eigenvalue weighted by molar-refractivity contribution is 0.133. The van der Waals surface area contributed by atoms with Crippen LogP contribution in [0, 0.1) is 17.8 Å². The number of benzene rings is 1. The van der Waals surface area contributed by atoms with Crippen molar-refractivity contribution in [3.8, 4) is 11.8 Å². The molecule has 1 rings (SSSR count). The monoisotopic (exact) mass is 302 g/mol. The van der Waals surface area contributed by atoms with Crippen LogP contribution >= 0.6 is 0 Å². The van der Waals surface area contributed by atoms with Gasteiger partial charge in [0, 0.05) is 6.42 Å². The van der Waals surface area contributed by atoms with Crippen molar-refractivity contribution in [1.29, 1.82) is 0 Å². The fraction of sp³-hybridized carbons (Fsp3) is 0.579. The maximum Gasteiger partial charge on any atom is 0.192 e. The van der Waals surface area contributed by atoms with Gasteiger partial charge in [-0.3, -0.25) is 0 Å². The summed E-state index contributed by atoms with van der Waals surface area (Å²) in [6.45, 7) is 11.0. The Bertz CT molecular complexity index is 445. The van der Waals surface area contributed by atoms with Crippen molar-refractivity contribution in [2.24, 2.45) is 5.92 Å². The van der Waals surface area contributed by atoms with Crippen molar-refractivity contribution >= 4 is 8.32 Å². The Labute approximate surface area is 132 Å². The summed E-state index contributed by atoms with van der Waals surface area (Å²) in [6, 6.07) is 14.2. The highest BCUT2D eigenvalue weighted by atomic mass is 28.4. The van der Waals surface area contributed by atoms with Crippen LogP contribution in [0.4, 0.5) is 0 Å². The molecule has 0 spiro atoms. The second-order valence-electron chi connectivity index (χ2n) is 5.80. The molecule has 0 N–H and O–H groups in total. The molecule has 2 atom stereocenters. The molecule has 1 aromatic carbocycles. The van der Waals surface area contributed by atoms with Gasteiger partial charge in [0.25, 0.3) is 0 Å². The molecule has 0 aromatic heterocycles. The highest BCUT2D eigenvalue weighted by molar-refractivity contribution is 6.73. The first-order valence-electron chi connectivity index (χ1n) is 8.24. The fourth-order valence-corrected chi connectivity index (χ4v) is 5.70. The first kappa shape index (κ1) is 18.0. The van der Waals surface area contributed by atoms with Gasteiger partial charge in [0.2, 0.25) is 0 Å². The van der Waals surface area contributed by atoms with Crippen LogP contribution in [0.15, 0.2) is 30.3 Å². The standard InChI is InChI=1S/C19H30OSi/c1-6-10-14-17(5)19(18-15-12-11-13-16-18)20-21(7-2,8-3)9-4/h11-13,15-17,19H,7-9,14H2,1-5H3/t17-,19+/m1/s1. The Morgan fingerprint density at radius 1 is 1.05 bits per heavy atom. The summed E-state index contributed by atoms with van der Waals surface area (Å²) in [7, 11) is -1.61. The van der Waals surface area contributed by atoms with E-state index in [1.165, 1.54) is 23.7 Å². The third kappa shape index (κ3) is 5.02. The summed E-state index contributed by atoms with van der Waals surface area (Å²) in [6.07, 6.45) is 1.08. The highest BCUT2D eigenvalue weighted by Gasteiger charge is 2.34. The molecule has 21 heavy (non-hydrogen) atoms. The predicted molar refractivity (Wildman–Crippen MR) is 94.7 cm³/mol. The van der Waals surface area contributed by atoms with E-state index in [1.807, 2.05) is 6.92 Å². The van der Waals surface area contributed by atoms with Gasteiger partial charge in [-0.25, -0.2) is 0 Å². The van der Waals surface area contributed by atoms with E-state index in [1.54, 1.807) is 0 Å². The molecule has 0 saturated heterocycles. The normalized spacial score (nSPS) is 14.1. The third-order valence-corrected chi connectivity index (χ3v) is 9.18. The first-order valence-corrected chi connectivity index (χ1v) is 10.8. The zero-order chi connectivity index (χ0) is 15.7. The van der Waals surface area contributed by atoms with E-state index >= 15 is 0 Å². The van der Waals surface area contributed by atoms with Crippen LogP contribution in [-0.4, -0.2) is 8.32 Å². The smallest absolute Gasteiger partial charge is 0.192 e. The van der Waals surface area contributed by atoms with Crippen LogP contribution < -0.4 is 0 Å². The van der Waals surface area contributed by atoms with Gasteiger partial charge < -0.3 is 4.43 Å². The second-order valence-corrected chi connectivity index (χ2v) is 10.5. The molecule has 0 aliphatic rings. The number of rotatable bonds is 8. The van der Waals surface area contributed by atoms with Crippen LogP contribution in [-0.2, 0) is 4.43 Å². The predicted octanol–water partition coefficient (Wildman–Crippen LogP) is 5.80. The SMILES string of the molecule is CC#CC[C@@H](C)[C@H](O[Si](CC)(CC)CC)c1ccccc1. The van der Waals surface area contributed by atoms with E-state index in [0.717, 1.165) is 6.42 Å². The third-order valence-electron chi connectivity index (χ3n) is 4.56. The second kappa shape index (κ2) is 9.07. The van der Waals surface area contributed by atoms with Gasteiger partial charge in [-0.05, 0) is 36.5 Å². The molecule has 0 aliphatic carbocycles. The van der Waals surface area contributed by atoms with Gasteiger partial charge in [0.05, 0.1) is 6.10 Å². The largest absolute Gasteiger partial charge is 0.410 e. The molecule has 116 valence electrons. The molecular weight excluding hydrogens is 272 g/mol. The molecule has 0 aliphatic heterocycles. The van der Waals surface area contributed by atoms with E-state index in [0.29, 0.717) is 5.92 Å². The first-order chi connectivity index (χ1) is 10.1. The molecule has 0 heterocycles. The van der Waals surface area contributed by atoms with Crippen molar-refractivity contribution in [2.45, 2.75) is 65.3 Å². The molecule has 2 heteroatoms. The van der Waals surface area contributed by atoms with Crippen LogP contribution in [0.1, 0.15) is 52.7 Å².